The van der Waals surface area contributed by atoms with Crippen LogP contribution in [0.25, 0.3) is 0 Å². The summed E-state index contributed by atoms with van der Waals surface area (Å²) in [5.74, 6) is -1.22. The fraction of sp³-hybridized carbons (Fsp3) is 0.538. The normalized spacial score (nSPS) is 18.4. The molecule has 0 aromatic heterocycles. The van der Waals surface area contributed by atoms with Gasteiger partial charge in [-0.15, -0.1) is 12.4 Å². The van der Waals surface area contributed by atoms with Crippen molar-refractivity contribution in [3.05, 3.63) is 35.1 Å². The molecule has 0 radical (unpaired) electrons. The summed E-state index contributed by atoms with van der Waals surface area (Å²) in [5, 5.41) is 2.84. The zero-order valence-electron chi connectivity index (χ0n) is 11.6. The lowest BCUT2D eigenvalue weighted by Gasteiger charge is -2.37. The number of benzene rings is 1. The zero-order chi connectivity index (χ0) is 16.5. The van der Waals surface area contributed by atoms with E-state index in [9.17, 15) is 30.7 Å². The minimum absolute atomic E-state index is 0. The highest BCUT2D eigenvalue weighted by Crippen LogP contribution is 2.43. The molecule has 1 aromatic carbocycles. The average Bonchev–Trinajstić information content (AvgIpc) is 2.39. The van der Waals surface area contributed by atoms with E-state index >= 15 is 0 Å². The minimum Gasteiger partial charge on any atom is -0.314 e. The zero-order valence-corrected chi connectivity index (χ0v) is 12.5. The third-order valence-electron chi connectivity index (χ3n) is 3.44. The van der Waals surface area contributed by atoms with Gasteiger partial charge in [-0.3, -0.25) is 4.90 Å². The van der Waals surface area contributed by atoms with Crippen molar-refractivity contribution >= 4 is 12.4 Å². The highest BCUT2D eigenvalue weighted by molar-refractivity contribution is 5.85. The Balaban J connectivity index is 0.00000264. The number of nitrogens with zero attached hydrogens (tertiary/aromatic N) is 1. The number of rotatable bonds is 2. The Bertz CT molecular complexity index is 524. The first-order chi connectivity index (χ1) is 10.1. The van der Waals surface area contributed by atoms with Gasteiger partial charge >= 0.3 is 12.4 Å². The molecule has 1 fully saturated rings. The summed E-state index contributed by atoms with van der Waals surface area (Å²) >= 11 is 0. The molecule has 10 heteroatoms. The molecular weight excluding hydrogens is 353 g/mol. The summed E-state index contributed by atoms with van der Waals surface area (Å²) in [6.45, 7) is 0.405. The summed E-state index contributed by atoms with van der Waals surface area (Å²) in [5.41, 5.74) is -2.56. The Kier molecular flexibility index (Phi) is 6.28. The fourth-order valence-corrected chi connectivity index (χ4v) is 2.53. The molecule has 1 saturated heterocycles. The molecule has 1 aromatic rings. The van der Waals surface area contributed by atoms with Gasteiger partial charge in [0.15, 0.2) is 0 Å². The molecular formula is C13H14ClF7N2. The van der Waals surface area contributed by atoms with Gasteiger partial charge in [0.1, 0.15) is 11.9 Å². The summed E-state index contributed by atoms with van der Waals surface area (Å²) < 4.78 is 92.0. The number of hydrogen-bond donors (Lipinski definition) is 1. The number of piperazine rings is 1. The van der Waals surface area contributed by atoms with E-state index in [1.165, 1.54) is 0 Å². The molecule has 0 unspecified atom stereocenters. The van der Waals surface area contributed by atoms with Crippen LogP contribution in [0.2, 0.25) is 0 Å². The summed E-state index contributed by atoms with van der Waals surface area (Å²) in [6, 6.07) is -1.12. The molecule has 0 amide bonds. The van der Waals surface area contributed by atoms with Crippen molar-refractivity contribution in [1.29, 1.82) is 0 Å². The molecule has 1 atom stereocenters. The number of hydrogen-bond acceptors (Lipinski definition) is 2. The number of halogens is 8. The molecule has 0 saturated carbocycles. The monoisotopic (exact) mass is 366 g/mol. The first-order valence-electron chi connectivity index (χ1n) is 6.49. The maximum Gasteiger partial charge on any atom is 0.416 e. The lowest BCUT2D eigenvalue weighted by Crippen LogP contribution is -2.49. The smallest absolute Gasteiger partial charge is 0.314 e. The molecule has 0 aliphatic carbocycles. The van der Waals surface area contributed by atoms with Gasteiger partial charge in [0.05, 0.1) is 5.56 Å². The summed E-state index contributed by atoms with van der Waals surface area (Å²) in [6.07, 6.45) is -9.95. The highest BCUT2D eigenvalue weighted by atomic mass is 35.5. The van der Waals surface area contributed by atoms with Crippen LogP contribution in [0.15, 0.2) is 18.2 Å². The van der Waals surface area contributed by atoms with Crippen LogP contribution in [0, 0.1) is 5.82 Å². The fourth-order valence-electron chi connectivity index (χ4n) is 2.53. The highest BCUT2D eigenvalue weighted by Gasteiger charge is 2.48. The van der Waals surface area contributed by atoms with Gasteiger partial charge in [-0.2, -0.15) is 26.3 Å². The van der Waals surface area contributed by atoms with Crippen LogP contribution < -0.4 is 5.32 Å². The van der Waals surface area contributed by atoms with Crippen LogP contribution >= 0.6 is 12.4 Å². The third kappa shape index (κ3) is 4.71. The van der Waals surface area contributed by atoms with E-state index in [4.69, 9.17) is 0 Å². The van der Waals surface area contributed by atoms with Crippen LogP contribution in [0.3, 0.4) is 0 Å². The van der Waals surface area contributed by atoms with Gasteiger partial charge in [0.25, 0.3) is 0 Å². The van der Waals surface area contributed by atoms with Crippen molar-refractivity contribution in [2.45, 2.75) is 18.4 Å². The standard InChI is InChI=1S/C13H13F7N2.ClH/c14-8-1-2-9(10(7-8)12(15,16)17)11(13(18,19)20)22-5-3-21-4-6-22;/h1-2,7,11,21H,3-6H2;1H/t11-;/m1./s1. The van der Waals surface area contributed by atoms with Gasteiger partial charge in [0, 0.05) is 26.2 Å². The minimum atomic E-state index is -5.06. The van der Waals surface area contributed by atoms with Gasteiger partial charge in [0.2, 0.25) is 0 Å². The van der Waals surface area contributed by atoms with E-state index in [1.807, 2.05) is 0 Å². The van der Waals surface area contributed by atoms with E-state index in [0.717, 1.165) is 4.90 Å². The first-order valence-corrected chi connectivity index (χ1v) is 6.49. The quantitative estimate of drug-likeness (QED) is 0.802. The second-order valence-corrected chi connectivity index (χ2v) is 4.96. The van der Waals surface area contributed by atoms with Crippen LogP contribution in [0.4, 0.5) is 30.7 Å². The molecule has 1 N–H and O–H groups in total. The maximum absolute atomic E-state index is 13.3. The lowest BCUT2D eigenvalue weighted by atomic mass is 9.97. The Morgan fingerprint density at radius 1 is 1.00 bits per heavy atom. The van der Waals surface area contributed by atoms with Gasteiger partial charge in [-0.1, -0.05) is 6.07 Å². The first kappa shape index (κ1) is 20.0. The largest absolute Gasteiger partial charge is 0.416 e. The van der Waals surface area contributed by atoms with Gasteiger partial charge < -0.3 is 5.32 Å². The van der Waals surface area contributed by atoms with Crippen LogP contribution in [-0.2, 0) is 6.18 Å². The molecule has 0 bridgehead atoms. The predicted molar refractivity (Wildman–Crippen MR) is 71.9 cm³/mol. The van der Waals surface area contributed by atoms with Crippen molar-refractivity contribution in [3.63, 3.8) is 0 Å². The van der Waals surface area contributed by atoms with E-state index < -0.39 is 35.3 Å². The SMILES string of the molecule is Cl.Fc1ccc([C@@H](N2CCNCC2)C(F)(F)F)c(C(F)(F)F)c1. The molecule has 1 aliphatic heterocycles. The summed E-state index contributed by atoms with van der Waals surface area (Å²) in [4.78, 5) is 0.930. The second-order valence-electron chi connectivity index (χ2n) is 4.96. The van der Waals surface area contributed by atoms with Crippen LogP contribution in [-0.4, -0.2) is 37.3 Å². The molecule has 1 heterocycles. The molecule has 23 heavy (non-hydrogen) atoms. The number of nitrogens with one attached hydrogen (secondary N) is 1. The van der Waals surface area contributed by atoms with Crippen molar-refractivity contribution in [2.75, 3.05) is 26.2 Å². The predicted octanol–water partition coefficient (Wildman–Crippen LogP) is 3.77. The van der Waals surface area contributed by atoms with Crippen molar-refractivity contribution in [1.82, 2.24) is 10.2 Å². The molecule has 2 nitrogen and oxygen atoms in total. The number of alkyl halides is 6. The van der Waals surface area contributed by atoms with Crippen LogP contribution in [0.1, 0.15) is 17.2 Å². The Morgan fingerprint density at radius 2 is 1.57 bits per heavy atom. The molecule has 0 spiro atoms. The topological polar surface area (TPSA) is 15.3 Å². The van der Waals surface area contributed by atoms with Gasteiger partial charge in [-0.25, -0.2) is 4.39 Å². The Labute approximate surface area is 134 Å². The van der Waals surface area contributed by atoms with E-state index in [1.54, 1.807) is 0 Å². The van der Waals surface area contributed by atoms with E-state index in [0.29, 0.717) is 12.1 Å². The molecule has 132 valence electrons. The molecule has 1 aliphatic rings. The van der Waals surface area contributed by atoms with Gasteiger partial charge in [-0.05, 0) is 17.7 Å². The molecule has 2 rings (SSSR count). The second kappa shape index (κ2) is 7.23. The van der Waals surface area contributed by atoms with E-state index in [-0.39, 0.29) is 44.7 Å². The average molecular weight is 367 g/mol. The maximum atomic E-state index is 13.3. The van der Waals surface area contributed by atoms with Crippen molar-refractivity contribution in [3.8, 4) is 0 Å². The summed E-state index contributed by atoms with van der Waals surface area (Å²) in [7, 11) is 0. The Morgan fingerprint density at radius 3 is 2.04 bits per heavy atom. The lowest BCUT2D eigenvalue weighted by molar-refractivity contribution is -0.190. The Hall–Kier alpha value is -1.06. The van der Waals surface area contributed by atoms with Crippen molar-refractivity contribution in [2.24, 2.45) is 0 Å². The van der Waals surface area contributed by atoms with Crippen molar-refractivity contribution < 1.29 is 30.7 Å². The van der Waals surface area contributed by atoms with Crippen LogP contribution in [0.5, 0.6) is 0 Å². The third-order valence-corrected chi connectivity index (χ3v) is 3.44. The van der Waals surface area contributed by atoms with E-state index in [2.05, 4.69) is 5.32 Å².